The van der Waals surface area contributed by atoms with Crippen LogP contribution in [0.1, 0.15) is 48.0 Å². The molecule has 0 bridgehead atoms. The molecule has 3 amide bonds. The van der Waals surface area contributed by atoms with E-state index in [0.717, 1.165) is 37.8 Å². The van der Waals surface area contributed by atoms with Gasteiger partial charge in [-0.05, 0) is 30.5 Å². The van der Waals surface area contributed by atoms with Crippen molar-refractivity contribution in [2.45, 2.75) is 44.7 Å². The molecule has 1 aromatic carbocycles. The number of carbonyl (C=O) groups is 2. The lowest BCUT2D eigenvalue weighted by Crippen LogP contribution is -2.54. The number of urea groups is 1. The summed E-state index contributed by atoms with van der Waals surface area (Å²) in [6.45, 7) is 3.97. The van der Waals surface area contributed by atoms with Crippen LogP contribution in [-0.2, 0) is 6.54 Å². The van der Waals surface area contributed by atoms with Crippen molar-refractivity contribution in [3.05, 3.63) is 35.4 Å². The van der Waals surface area contributed by atoms with E-state index in [9.17, 15) is 9.59 Å². The highest BCUT2D eigenvalue weighted by Gasteiger charge is 2.26. The summed E-state index contributed by atoms with van der Waals surface area (Å²) in [6.07, 6.45) is 6.70. The zero-order chi connectivity index (χ0) is 18.4. The van der Waals surface area contributed by atoms with Crippen LogP contribution in [0.5, 0.6) is 0 Å². The summed E-state index contributed by atoms with van der Waals surface area (Å²) >= 11 is 0. The molecule has 1 aromatic rings. The first-order chi connectivity index (χ1) is 12.7. The van der Waals surface area contributed by atoms with Crippen molar-refractivity contribution < 1.29 is 9.59 Å². The van der Waals surface area contributed by atoms with E-state index < -0.39 is 0 Å². The van der Waals surface area contributed by atoms with Gasteiger partial charge in [0.25, 0.3) is 5.91 Å². The second-order valence-corrected chi connectivity index (χ2v) is 7.25. The minimum atomic E-state index is -0.114. The van der Waals surface area contributed by atoms with E-state index in [4.69, 9.17) is 0 Å². The summed E-state index contributed by atoms with van der Waals surface area (Å²) in [5.74, 6) is -0.114. The average molecular weight is 358 g/mol. The maximum Gasteiger partial charge on any atom is 0.317 e. The zero-order valence-electron chi connectivity index (χ0n) is 15.7. The molecule has 1 saturated heterocycles. The Labute approximate surface area is 155 Å². The van der Waals surface area contributed by atoms with Gasteiger partial charge in [-0.2, -0.15) is 0 Å². The molecule has 0 aromatic heterocycles. The SMILES string of the molecule is CNC(=O)c1cccc(CNC(=O)N2CCN(C3CCCCC3)CC2)c1. The normalized spacial score (nSPS) is 19.2. The van der Waals surface area contributed by atoms with Gasteiger partial charge in [0.1, 0.15) is 0 Å². The Hall–Kier alpha value is -2.08. The van der Waals surface area contributed by atoms with Gasteiger partial charge in [0.15, 0.2) is 0 Å². The van der Waals surface area contributed by atoms with Crippen LogP contribution >= 0.6 is 0 Å². The van der Waals surface area contributed by atoms with Gasteiger partial charge in [-0.3, -0.25) is 9.69 Å². The van der Waals surface area contributed by atoms with Gasteiger partial charge in [-0.25, -0.2) is 4.79 Å². The Kier molecular flexibility index (Phi) is 6.50. The maximum atomic E-state index is 12.4. The van der Waals surface area contributed by atoms with Crippen LogP contribution in [0.3, 0.4) is 0 Å². The van der Waals surface area contributed by atoms with Gasteiger partial charge >= 0.3 is 6.03 Å². The highest BCUT2D eigenvalue weighted by molar-refractivity contribution is 5.94. The Morgan fingerprint density at radius 2 is 1.81 bits per heavy atom. The van der Waals surface area contributed by atoms with Crippen LogP contribution in [0.15, 0.2) is 24.3 Å². The van der Waals surface area contributed by atoms with E-state index in [1.807, 2.05) is 23.1 Å². The van der Waals surface area contributed by atoms with Crippen LogP contribution in [0, 0.1) is 0 Å². The molecule has 6 nitrogen and oxygen atoms in total. The van der Waals surface area contributed by atoms with E-state index in [0.29, 0.717) is 12.1 Å². The first kappa shape index (κ1) is 18.7. The third-order valence-corrected chi connectivity index (χ3v) is 5.55. The van der Waals surface area contributed by atoms with E-state index in [2.05, 4.69) is 15.5 Å². The molecule has 0 spiro atoms. The van der Waals surface area contributed by atoms with Gasteiger partial charge in [0, 0.05) is 51.4 Å². The minimum Gasteiger partial charge on any atom is -0.355 e. The number of amides is 3. The maximum absolute atomic E-state index is 12.4. The van der Waals surface area contributed by atoms with Gasteiger partial charge in [0.05, 0.1) is 0 Å². The molecule has 0 unspecified atom stereocenters. The molecule has 26 heavy (non-hydrogen) atoms. The number of nitrogens with one attached hydrogen (secondary N) is 2. The number of piperazine rings is 1. The Morgan fingerprint density at radius 1 is 1.08 bits per heavy atom. The van der Waals surface area contributed by atoms with Crippen molar-refractivity contribution in [2.24, 2.45) is 0 Å². The van der Waals surface area contributed by atoms with Gasteiger partial charge < -0.3 is 15.5 Å². The predicted molar refractivity (Wildman–Crippen MR) is 102 cm³/mol. The van der Waals surface area contributed by atoms with Crippen LogP contribution in [0.2, 0.25) is 0 Å². The molecule has 1 heterocycles. The third kappa shape index (κ3) is 4.75. The fourth-order valence-electron chi connectivity index (χ4n) is 3.99. The number of benzene rings is 1. The smallest absolute Gasteiger partial charge is 0.317 e. The van der Waals surface area contributed by atoms with Crippen LogP contribution in [0.25, 0.3) is 0 Å². The molecule has 1 aliphatic heterocycles. The van der Waals surface area contributed by atoms with E-state index in [1.54, 1.807) is 13.1 Å². The van der Waals surface area contributed by atoms with E-state index in [-0.39, 0.29) is 11.9 Å². The quantitative estimate of drug-likeness (QED) is 0.867. The van der Waals surface area contributed by atoms with Crippen LogP contribution in [-0.4, -0.2) is 61.0 Å². The second-order valence-electron chi connectivity index (χ2n) is 7.25. The van der Waals surface area contributed by atoms with Crippen molar-refractivity contribution in [2.75, 3.05) is 33.2 Å². The van der Waals surface area contributed by atoms with Gasteiger partial charge in [-0.1, -0.05) is 31.4 Å². The summed E-state index contributed by atoms with van der Waals surface area (Å²) in [4.78, 5) is 28.6. The molecule has 6 heteroatoms. The van der Waals surface area contributed by atoms with Crippen molar-refractivity contribution in [3.8, 4) is 0 Å². The molecule has 2 aliphatic rings. The Balaban J connectivity index is 1.45. The number of hydrogen-bond donors (Lipinski definition) is 2. The molecule has 3 rings (SSSR count). The minimum absolute atomic E-state index is 0.0151. The molecule has 142 valence electrons. The first-order valence-electron chi connectivity index (χ1n) is 9.75. The standard InChI is InChI=1S/C20H30N4O2/c1-21-19(25)17-7-5-6-16(14-17)15-22-20(26)24-12-10-23(11-13-24)18-8-3-2-4-9-18/h5-7,14,18H,2-4,8-13,15H2,1H3,(H,21,25)(H,22,26). The van der Waals surface area contributed by atoms with Crippen LogP contribution in [0.4, 0.5) is 4.79 Å². The molecule has 1 saturated carbocycles. The van der Waals surface area contributed by atoms with Crippen molar-refractivity contribution in [3.63, 3.8) is 0 Å². The highest BCUT2D eigenvalue weighted by atomic mass is 16.2. The molecule has 2 fully saturated rings. The molecular weight excluding hydrogens is 328 g/mol. The fourth-order valence-corrected chi connectivity index (χ4v) is 3.99. The van der Waals surface area contributed by atoms with Gasteiger partial charge in [-0.15, -0.1) is 0 Å². The summed E-state index contributed by atoms with van der Waals surface area (Å²) < 4.78 is 0. The van der Waals surface area contributed by atoms with Crippen molar-refractivity contribution in [1.82, 2.24) is 20.4 Å². The van der Waals surface area contributed by atoms with Gasteiger partial charge in [0.2, 0.25) is 0 Å². The van der Waals surface area contributed by atoms with E-state index in [1.165, 1.54) is 32.1 Å². The molecule has 2 N–H and O–H groups in total. The van der Waals surface area contributed by atoms with E-state index >= 15 is 0 Å². The largest absolute Gasteiger partial charge is 0.355 e. The number of carbonyl (C=O) groups excluding carboxylic acids is 2. The molecule has 0 radical (unpaired) electrons. The lowest BCUT2D eigenvalue weighted by molar-refractivity contribution is 0.0905. The lowest BCUT2D eigenvalue weighted by atomic mass is 9.94. The fraction of sp³-hybridized carbons (Fsp3) is 0.600. The molecule has 0 atom stereocenters. The highest BCUT2D eigenvalue weighted by Crippen LogP contribution is 2.23. The number of rotatable bonds is 4. The summed E-state index contributed by atoms with van der Waals surface area (Å²) in [7, 11) is 1.61. The van der Waals surface area contributed by atoms with Crippen molar-refractivity contribution >= 4 is 11.9 Å². The zero-order valence-corrected chi connectivity index (χ0v) is 15.7. The number of hydrogen-bond acceptors (Lipinski definition) is 3. The Bertz CT molecular complexity index is 620. The number of nitrogens with zero attached hydrogens (tertiary/aromatic N) is 2. The van der Waals surface area contributed by atoms with Crippen LogP contribution < -0.4 is 10.6 Å². The lowest BCUT2D eigenvalue weighted by Gasteiger charge is -2.40. The Morgan fingerprint density at radius 3 is 2.50 bits per heavy atom. The monoisotopic (exact) mass is 358 g/mol. The first-order valence-corrected chi connectivity index (χ1v) is 9.75. The predicted octanol–water partition coefficient (Wildman–Crippen LogP) is 2.21. The average Bonchev–Trinajstić information content (AvgIpc) is 2.72. The molecular formula is C20H30N4O2. The topological polar surface area (TPSA) is 64.7 Å². The second kappa shape index (κ2) is 9.03. The molecule has 1 aliphatic carbocycles. The van der Waals surface area contributed by atoms with Crippen molar-refractivity contribution in [1.29, 1.82) is 0 Å². The third-order valence-electron chi connectivity index (χ3n) is 5.55. The summed E-state index contributed by atoms with van der Waals surface area (Å²) in [6, 6.07) is 8.07. The summed E-state index contributed by atoms with van der Waals surface area (Å²) in [5, 5.41) is 5.60. The summed E-state index contributed by atoms with van der Waals surface area (Å²) in [5.41, 5.74) is 1.54.